The van der Waals surface area contributed by atoms with Crippen molar-refractivity contribution in [1.29, 1.82) is 0 Å². The van der Waals surface area contributed by atoms with Gasteiger partial charge in [-0.3, -0.25) is 9.11 Å². The molecule has 0 fully saturated rings. The maximum atomic E-state index is 9.25. The minimum absolute atomic E-state index is 0.750. The van der Waals surface area contributed by atoms with Gasteiger partial charge in [-0.15, -0.1) is 0 Å². The van der Waals surface area contributed by atoms with E-state index in [1.165, 1.54) is 0 Å². The molecule has 0 aromatic heterocycles. The zero-order chi connectivity index (χ0) is 11.5. The number of aliphatic hydroxyl groups excluding tert-OH is 1. The molecule has 0 unspecified atom stereocenters. The first-order valence-corrected chi connectivity index (χ1v) is 3.89. The molecule has 0 aliphatic heterocycles. The highest BCUT2D eigenvalue weighted by molar-refractivity contribution is 7.79. The topological polar surface area (TPSA) is 132 Å². The van der Waals surface area contributed by atoms with E-state index >= 15 is 0 Å². The van der Waals surface area contributed by atoms with Crippen molar-refractivity contribution < 1.29 is 32.5 Å². The van der Waals surface area contributed by atoms with Crippen LogP contribution in [0.25, 0.3) is 0 Å². The highest BCUT2D eigenvalue weighted by Crippen LogP contribution is 1.59. The van der Waals surface area contributed by atoms with E-state index in [0.717, 1.165) is 12.3 Å². The van der Waals surface area contributed by atoms with Crippen molar-refractivity contribution in [2.24, 2.45) is 0 Å². The number of aliphatic hydroxyl groups is 1. The lowest BCUT2D eigenvalue weighted by Gasteiger charge is -1.68. The Labute approximate surface area is 75.2 Å². The van der Waals surface area contributed by atoms with Crippen LogP contribution in [0.2, 0.25) is 0 Å². The first-order valence-electron chi connectivity index (χ1n) is 2.49. The monoisotopic (exact) mass is 214 g/mol. The van der Waals surface area contributed by atoms with Crippen molar-refractivity contribution in [2.45, 2.75) is 0 Å². The van der Waals surface area contributed by atoms with Gasteiger partial charge in [0.15, 0.2) is 0 Å². The fourth-order valence-corrected chi connectivity index (χ4v) is 0. The first-order chi connectivity index (χ1) is 5.68. The summed E-state index contributed by atoms with van der Waals surface area (Å²) in [5.41, 5.74) is 0. The van der Waals surface area contributed by atoms with Crippen molar-refractivity contribution in [3.05, 3.63) is 25.5 Å². The van der Waals surface area contributed by atoms with Crippen molar-refractivity contribution in [1.82, 2.24) is 0 Å². The largest absolute Gasteiger partial charge is 0.516 e. The molecule has 0 radical (unpaired) electrons. The normalized spacial score (nSPS) is 7.85. The van der Waals surface area contributed by atoms with Gasteiger partial charge in [-0.1, -0.05) is 13.2 Å². The maximum absolute atomic E-state index is 9.25. The molecule has 78 valence electrons. The molecule has 0 bridgehead atoms. The van der Waals surface area contributed by atoms with Gasteiger partial charge in [-0.25, -0.2) is 4.79 Å². The quantitative estimate of drug-likeness (QED) is 0.280. The number of carboxylic acid groups (broad SMARTS) is 1. The van der Waals surface area contributed by atoms with E-state index in [4.69, 9.17) is 27.7 Å². The van der Waals surface area contributed by atoms with Crippen molar-refractivity contribution in [3.63, 3.8) is 0 Å². The second kappa shape index (κ2) is 10.6. The predicted molar refractivity (Wildman–Crippen MR) is 44.8 cm³/mol. The minimum Gasteiger partial charge on any atom is -0.516 e. The second-order valence-corrected chi connectivity index (χ2v) is 2.07. The van der Waals surface area contributed by atoms with Gasteiger partial charge < -0.3 is 10.2 Å². The molecule has 0 rings (SSSR count). The van der Waals surface area contributed by atoms with E-state index in [2.05, 4.69) is 13.2 Å². The molecule has 4 N–H and O–H groups in total. The van der Waals surface area contributed by atoms with Crippen LogP contribution in [0.5, 0.6) is 0 Å². The Bertz CT molecular complexity index is 232. The maximum Gasteiger partial charge on any atom is 0.394 e. The molecular weight excluding hydrogens is 204 g/mol. The molecule has 0 spiro atoms. The molecule has 8 heteroatoms. The zero-order valence-electron chi connectivity index (χ0n) is 6.49. The predicted octanol–water partition coefficient (Wildman–Crippen LogP) is 0.292. The van der Waals surface area contributed by atoms with Crippen LogP contribution < -0.4 is 0 Å². The Balaban J connectivity index is -0.000000120. The van der Waals surface area contributed by atoms with Crippen LogP contribution in [0, 0.1) is 0 Å². The van der Waals surface area contributed by atoms with E-state index in [0.29, 0.717) is 0 Å². The van der Waals surface area contributed by atoms with E-state index < -0.39 is 16.4 Å². The van der Waals surface area contributed by atoms with Gasteiger partial charge in [0.25, 0.3) is 0 Å². The highest BCUT2D eigenvalue weighted by Gasteiger charge is 1.84. The van der Waals surface area contributed by atoms with Gasteiger partial charge >= 0.3 is 16.4 Å². The lowest BCUT2D eigenvalue weighted by molar-refractivity contribution is -0.131. The smallest absolute Gasteiger partial charge is 0.394 e. The Morgan fingerprint density at radius 1 is 1.23 bits per heavy atom. The van der Waals surface area contributed by atoms with Gasteiger partial charge in [-0.2, -0.15) is 8.42 Å². The summed E-state index contributed by atoms with van der Waals surface area (Å²) in [7, 11) is -4.67. The molecule has 0 aliphatic rings. The number of carboxylic acids is 1. The molecule has 0 saturated carbocycles. The lowest BCUT2D eigenvalue weighted by atomic mass is 10.7. The van der Waals surface area contributed by atoms with Crippen LogP contribution in [-0.4, -0.2) is 33.7 Å². The third-order valence-electron chi connectivity index (χ3n) is 0.175. The average molecular weight is 214 g/mol. The second-order valence-electron chi connectivity index (χ2n) is 1.17. The zero-order valence-corrected chi connectivity index (χ0v) is 7.31. The lowest BCUT2D eigenvalue weighted by Crippen LogP contribution is -1.89. The van der Waals surface area contributed by atoms with Gasteiger partial charge in [-0.05, 0) is 0 Å². The fourth-order valence-electron chi connectivity index (χ4n) is 0. The fraction of sp³-hybridized carbons (Fsp3) is 0. The molecule has 0 aromatic carbocycles. The highest BCUT2D eigenvalue weighted by atomic mass is 32.3. The standard InChI is InChI=1S/C3H4O2.C2H4O.H2O4S/c1-2-3(4)5;1-2-3;1-5(2,3)4/h2H,1H2,(H,4,5);2-3H,1H2;(H2,1,2,3,4). The number of carbonyl (C=O) groups is 1. The van der Waals surface area contributed by atoms with Crippen molar-refractivity contribution in [2.75, 3.05) is 0 Å². The molecular formula is C5H10O7S. The van der Waals surface area contributed by atoms with Crippen LogP contribution >= 0.6 is 0 Å². The van der Waals surface area contributed by atoms with Crippen LogP contribution in [0.3, 0.4) is 0 Å². The van der Waals surface area contributed by atoms with Crippen LogP contribution in [0.15, 0.2) is 25.5 Å². The Morgan fingerprint density at radius 2 is 1.31 bits per heavy atom. The molecule has 0 atom stereocenters. The van der Waals surface area contributed by atoms with Gasteiger partial charge in [0.05, 0.1) is 6.26 Å². The van der Waals surface area contributed by atoms with Crippen LogP contribution in [0.4, 0.5) is 0 Å². The molecule has 0 aliphatic carbocycles. The van der Waals surface area contributed by atoms with E-state index in [-0.39, 0.29) is 0 Å². The molecule has 7 nitrogen and oxygen atoms in total. The summed E-state index contributed by atoms with van der Waals surface area (Å²) < 4.78 is 31.6. The van der Waals surface area contributed by atoms with Crippen LogP contribution in [-0.2, 0) is 15.2 Å². The summed E-state index contributed by atoms with van der Waals surface area (Å²) >= 11 is 0. The molecule has 0 aromatic rings. The van der Waals surface area contributed by atoms with Crippen LogP contribution in [0.1, 0.15) is 0 Å². The Morgan fingerprint density at radius 3 is 1.31 bits per heavy atom. The number of aliphatic carboxylic acids is 1. The SMILES string of the molecule is C=CC(=O)O.C=CO.O=S(=O)(O)O. The summed E-state index contributed by atoms with van der Waals surface area (Å²) in [5.74, 6) is -0.981. The van der Waals surface area contributed by atoms with Crippen molar-refractivity contribution in [3.8, 4) is 0 Å². The summed E-state index contributed by atoms with van der Waals surface area (Å²) in [6.07, 6.45) is 1.58. The average Bonchev–Trinajstić information content (AvgIpc) is 1.85. The summed E-state index contributed by atoms with van der Waals surface area (Å²) in [6.45, 7) is 5.88. The third-order valence-corrected chi connectivity index (χ3v) is 0.175. The van der Waals surface area contributed by atoms with E-state index in [1.54, 1.807) is 0 Å². The summed E-state index contributed by atoms with van der Waals surface area (Å²) in [5, 5.41) is 14.9. The summed E-state index contributed by atoms with van der Waals surface area (Å²) in [4.78, 5) is 9.25. The molecule has 0 saturated heterocycles. The van der Waals surface area contributed by atoms with Crippen molar-refractivity contribution >= 4 is 16.4 Å². The minimum atomic E-state index is -4.67. The number of rotatable bonds is 1. The molecule has 0 heterocycles. The molecule has 0 amide bonds. The van der Waals surface area contributed by atoms with E-state index in [9.17, 15) is 4.79 Å². The first kappa shape index (κ1) is 17.6. The third kappa shape index (κ3) is 2050. The van der Waals surface area contributed by atoms with Gasteiger partial charge in [0.1, 0.15) is 0 Å². The van der Waals surface area contributed by atoms with Gasteiger partial charge in [0, 0.05) is 6.08 Å². The number of hydrogen-bond acceptors (Lipinski definition) is 4. The number of hydrogen-bond donors (Lipinski definition) is 4. The van der Waals surface area contributed by atoms with E-state index in [1.807, 2.05) is 0 Å². The Kier molecular flexibility index (Phi) is 14.4. The van der Waals surface area contributed by atoms with Gasteiger partial charge in [0.2, 0.25) is 0 Å². The summed E-state index contributed by atoms with van der Waals surface area (Å²) in [6, 6.07) is 0. The molecule has 13 heavy (non-hydrogen) atoms. The Hall–Kier alpha value is -1.38.